The van der Waals surface area contributed by atoms with E-state index in [2.05, 4.69) is 14.9 Å². The fraction of sp³-hybridized carbons (Fsp3) is 0.391. The molecule has 34 heavy (non-hydrogen) atoms. The molecule has 1 aliphatic carbocycles. The fourth-order valence-electron chi connectivity index (χ4n) is 5.16. The van der Waals surface area contributed by atoms with Crippen LogP contribution in [0.1, 0.15) is 29.4 Å². The molecule has 1 saturated carbocycles. The summed E-state index contributed by atoms with van der Waals surface area (Å²) in [5.74, 6) is 1.06. The highest BCUT2D eigenvalue weighted by Crippen LogP contribution is 2.44. The summed E-state index contributed by atoms with van der Waals surface area (Å²) >= 11 is 2.63. The van der Waals surface area contributed by atoms with Crippen molar-refractivity contribution < 1.29 is 13.9 Å². The number of hydrogen-bond donors (Lipinski definition) is 2. The van der Waals surface area contributed by atoms with Crippen LogP contribution in [0.2, 0.25) is 0 Å². The van der Waals surface area contributed by atoms with E-state index < -0.39 is 5.97 Å². The molecule has 4 heterocycles. The molecule has 4 aromatic rings. The molecule has 0 spiro atoms. The van der Waals surface area contributed by atoms with E-state index in [-0.39, 0.29) is 17.6 Å². The predicted molar refractivity (Wildman–Crippen MR) is 130 cm³/mol. The second kappa shape index (κ2) is 8.17. The molecule has 1 saturated heterocycles. The number of aryl methyl sites for hydroxylation is 1. The van der Waals surface area contributed by atoms with Crippen LogP contribution in [0.3, 0.4) is 0 Å². The lowest BCUT2D eigenvalue weighted by molar-refractivity contribution is 0.0594. The van der Waals surface area contributed by atoms with Gasteiger partial charge in [-0.1, -0.05) is 6.92 Å². The van der Waals surface area contributed by atoms with Gasteiger partial charge >= 0.3 is 5.97 Å². The van der Waals surface area contributed by atoms with Gasteiger partial charge < -0.3 is 20.4 Å². The van der Waals surface area contributed by atoms with Crippen molar-refractivity contribution in [3.8, 4) is 0 Å². The van der Waals surface area contributed by atoms with Gasteiger partial charge in [-0.3, -0.25) is 0 Å². The van der Waals surface area contributed by atoms with Crippen molar-refractivity contribution in [3.05, 3.63) is 34.6 Å². The maximum absolute atomic E-state index is 14.5. The van der Waals surface area contributed by atoms with Gasteiger partial charge in [-0.15, -0.1) is 11.3 Å². The number of thiazole rings is 1. The molecule has 6 rings (SSSR count). The quantitative estimate of drug-likeness (QED) is 0.314. The molecule has 3 unspecified atom stereocenters. The fourth-order valence-corrected chi connectivity index (χ4v) is 6.80. The number of nitrogens with two attached hydrogens (primary N) is 1. The third-order valence-corrected chi connectivity index (χ3v) is 8.72. The van der Waals surface area contributed by atoms with Crippen molar-refractivity contribution in [1.82, 2.24) is 19.9 Å². The van der Waals surface area contributed by atoms with Gasteiger partial charge in [0.05, 0.1) is 18.0 Å². The molecular formula is C23H23FN6O2S2. The normalized spacial score (nSPS) is 21.8. The summed E-state index contributed by atoms with van der Waals surface area (Å²) in [6.07, 6.45) is 1.72. The molecule has 0 amide bonds. The number of ether oxygens (including phenoxy) is 1. The minimum Gasteiger partial charge on any atom is -0.464 e. The van der Waals surface area contributed by atoms with Gasteiger partial charge in [0.15, 0.2) is 15.2 Å². The predicted octanol–water partition coefficient (Wildman–Crippen LogP) is 3.99. The van der Waals surface area contributed by atoms with Gasteiger partial charge in [-0.25, -0.2) is 24.1 Å². The zero-order valence-corrected chi connectivity index (χ0v) is 20.3. The number of aromatic amines is 1. The lowest BCUT2D eigenvalue weighted by atomic mass is 9.72. The van der Waals surface area contributed by atoms with Crippen LogP contribution in [0.5, 0.6) is 0 Å². The van der Waals surface area contributed by atoms with Crippen molar-refractivity contribution in [1.29, 1.82) is 0 Å². The van der Waals surface area contributed by atoms with E-state index in [1.54, 1.807) is 17.5 Å². The number of methoxy groups -OCH3 is 1. The monoisotopic (exact) mass is 498 g/mol. The number of nitrogens with zero attached hydrogens (tertiary/aromatic N) is 4. The van der Waals surface area contributed by atoms with Crippen LogP contribution < -0.4 is 10.6 Å². The molecular weight excluding hydrogens is 475 g/mol. The van der Waals surface area contributed by atoms with Crippen LogP contribution in [-0.4, -0.2) is 52.1 Å². The number of rotatable bonds is 5. The van der Waals surface area contributed by atoms with Crippen LogP contribution in [0, 0.1) is 17.7 Å². The Bertz CT molecular complexity index is 1440. The first-order valence-electron chi connectivity index (χ1n) is 11.2. The Morgan fingerprint density at radius 1 is 1.35 bits per heavy atom. The van der Waals surface area contributed by atoms with Crippen LogP contribution >= 0.6 is 23.1 Å². The van der Waals surface area contributed by atoms with Gasteiger partial charge in [0.25, 0.3) is 0 Å². The van der Waals surface area contributed by atoms with Crippen molar-refractivity contribution in [2.75, 3.05) is 25.1 Å². The molecule has 176 valence electrons. The third kappa shape index (κ3) is 3.45. The van der Waals surface area contributed by atoms with Crippen molar-refractivity contribution >= 4 is 56.8 Å². The summed E-state index contributed by atoms with van der Waals surface area (Å²) < 4.78 is 19.9. The molecule has 3 N–H and O–H groups in total. The van der Waals surface area contributed by atoms with Crippen molar-refractivity contribution in [2.45, 2.75) is 35.3 Å². The van der Waals surface area contributed by atoms with Crippen molar-refractivity contribution in [3.63, 3.8) is 0 Å². The molecule has 0 bridgehead atoms. The zero-order valence-electron chi connectivity index (χ0n) is 18.7. The standard InChI is InChI=1S/C23H23FN6O2S2/c1-3-10-4-12(24)6-13-17-19(27-18(10)13)28-22(34-23-26-16(9-33-23)21(31)32-2)29-20(17)30-7-11-5-15(25)14(11)8-30/h4,6,9,11,14-15H,3,5,7-8,25H2,1-2H3,(H,27,28,29). The lowest BCUT2D eigenvalue weighted by Crippen LogP contribution is -2.46. The van der Waals surface area contributed by atoms with Gasteiger partial charge in [0, 0.05) is 29.9 Å². The number of nitrogens with one attached hydrogen (secondary N) is 1. The summed E-state index contributed by atoms with van der Waals surface area (Å²) in [5, 5.41) is 3.80. The maximum Gasteiger partial charge on any atom is 0.357 e. The lowest BCUT2D eigenvalue weighted by Gasteiger charge is -2.36. The number of hydrogen-bond acceptors (Lipinski definition) is 9. The minimum atomic E-state index is -0.478. The van der Waals surface area contributed by atoms with Gasteiger partial charge in [-0.2, -0.15) is 0 Å². The summed E-state index contributed by atoms with van der Waals surface area (Å²) in [6, 6.07) is 3.35. The molecule has 1 aromatic carbocycles. The number of aromatic nitrogens is 4. The summed E-state index contributed by atoms with van der Waals surface area (Å²) in [6.45, 7) is 3.71. The number of fused-ring (bicyclic) bond motifs is 4. The second-order valence-electron chi connectivity index (χ2n) is 8.84. The molecule has 8 nitrogen and oxygen atoms in total. The number of halogens is 1. The molecule has 3 aromatic heterocycles. The van der Waals surface area contributed by atoms with Gasteiger partial charge in [0.1, 0.15) is 17.3 Å². The third-order valence-electron chi connectivity index (χ3n) is 6.92. The smallest absolute Gasteiger partial charge is 0.357 e. The largest absolute Gasteiger partial charge is 0.464 e. The number of esters is 1. The minimum absolute atomic E-state index is 0.223. The molecule has 0 radical (unpaired) electrons. The van der Waals surface area contributed by atoms with Crippen LogP contribution in [0.15, 0.2) is 27.0 Å². The van der Waals surface area contributed by atoms with Crippen molar-refractivity contribution in [2.24, 2.45) is 17.6 Å². The molecule has 2 fully saturated rings. The molecule has 1 aliphatic heterocycles. The molecule has 3 atom stereocenters. The van der Waals surface area contributed by atoms with E-state index in [0.717, 1.165) is 47.2 Å². The summed E-state index contributed by atoms with van der Waals surface area (Å²) in [5.41, 5.74) is 8.96. The topological polar surface area (TPSA) is 110 Å². The average molecular weight is 499 g/mol. The Balaban J connectivity index is 1.48. The number of carbonyl (C=O) groups excluding carboxylic acids is 1. The number of anilines is 1. The average Bonchev–Trinajstić information content (AvgIpc) is 3.52. The first kappa shape index (κ1) is 21.8. The number of benzene rings is 1. The van der Waals surface area contributed by atoms with Gasteiger partial charge in [0.2, 0.25) is 0 Å². The Morgan fingerprint density at radius 2 is 2.21 bits per heavy atom. The van der Waals surface area contributed by atoms with E-state index in [4.69, 9.17) is 20.4 Å². The Labute approximate surface area is 203 Å². The van der Waals surface area contributed by atoms with Crippen LogP contribution in [-0.2, 0) is 11.2 Å². The number of carbonyl (C=O) groups is 1. The van der Waals surface area contributed by atoms with E-state index in [0.29, 0.717) is 33.4 Å². The molecule has 2 aliphatic rings. The Kier molecular flexibility index (Phi) is 5.23. The first-order valence-corrected chi connectivity index (χ1v) is 12.9. The summed E-state index contributed by atoms with van der Waals surface area (Å²) in [4.78, 5) is 31.5. The van der Waals surface area contributed by atoms with E-state index in [9.17, 15) is 9.18 Å². The van der Waals surface area contributed by atoms with Gasteiger partial charge in [-0.05, 0) is 54.1 Å². The first-order chi connectivity index (χ1) is 16.4. The Morgan fingerprint density at radius 3 is 2.94 bits per heavy atom. The summed E-state index contributed by atoms with van der Waals surface area (Å²) in [7, 11) is 1.33. The molecule has 11 heteroatoms. The highest BCUT2D eigenvalue weighted by Gasteiger charge is 2.46. The number of H-pyrrole nitrogens is 1. The van der Waals surface area contributed by atoms with Crippen LogP contribution in [0.4, 0.5) is 10.2 Å². The highest BCUT2D eigenvalue weighted by atomic mass is 32.2. The second-order valence-corrected chi connectivity index (χ2v) is 10.9. The highest BCUT2D eigenvalue weighted by molar-refractivity contribution is 8.00. The van der Waals surface area contributed by atoms with E-state index in [1.165, 1.54) is 30.2 Å². The SMILES string of the molecule is CCc1cc(F)cc2c1[nH]c1nc(Sc3nc(C(=O)OC)cs3)nc(N3CC4CC(N)C4C3)c12. The van der Waals surface area contributed by atoms with E-state index >= 15 is 0 Å². The maximum atomic E-state index is 14.5. The van der Waals surface area contributed by atoms with Crippen LogP contribution in [0.25, 0.3) is 21.9 Å². The Hall–Kier alpha value is -2.76. The van der Waals surface area contributed by atoms with E-state index in [1.807, 2.05) is 6.92 Å². The zero-order chi connectivity index (χ0) is 23.6.